The predicted molar refractivity (Wildman–Crippen MR) is 109 cm³/mol. The van der Waals surface area contributed by atoms with Crippen molar-refractivity contribution in [3.63, 3.8) is 0 Å². The largest absolute Gasteiger partial charge is 0.507 e. The highest BCUT2D eigenvalue weighted by atomic mass is 16.3. The lowest BCUT2D eigenvalue weighted by atomic mass is 9.78. The zero-order valence-corrected chi connectivity index (χ0v) is 17.7. The van der Waals surface area contributed by atoms with Crippen LogP contribution in [-0.2, 0) is 15.6 Å². The van der Waals surface area contributed by atoms with Gasteiger partial charge in [-0.2, -0.15) is 0 Å². The summed E-state index contributed by atoms with van der Waals surface area (Å²) in [5.74, 6) is -0.0517. The molecule has 1 heterocycles. The van der Waals surface area contributed by atoms with Gasteiger partial charge in [-0.3, -0.25) is 9.69 Å². The second-order valence-corrected chi connectivity index (χ2v) is 10.1. The lowest BCUT2D eigenvalue weighted by molar-refractivity contribution is -0.124. The molecule has 0 bridgehead atoms. The summed E-state index contributed by atoms with van der Waals surface area (Å²) >= 11 is 0. The summed E-state index contributed by atoms with van der Waals surface area (Å²) in [5, 5.41) is 10.8. The van der Waals surface area contributed by atoms with Gasteiger partial charge in [0.2, 0.25) is 0 Å². The fourth-order valence-corrected chi connectivity index (χ4v) is 3.64. The molecule has 0 aliphatic carbocycles. The van der Waals surface area contributed by atoms with Crippen molar-refractivity contribution < 1.29 is 14.7 Å². The average Bonchev–Trinajstić information content (AvgIpc) is 2.67. The van der Waals surface area contributed by atoms with E-state index < -0.39 is 11.6 Å². The molecular weight excluding hydrogens is 340 g/mol. The minimum absolute atomic E-state index is 0.253. The Morgan fingerprint density at radius 1 is 1.11 bits per heavy atom. The third-order valence-corrected chi connectivity index (χ3v) is 5.02. The molecular formula is C22H32N2O3. The Bertz CT molecular complexity index is 786. The van der Waals surface area contributed by atoms with Crippen LogP contribution in [0.5, 0.6) is 5.75 Å². The van der Waals surface area contributed by atoms with Crippen LogP contribution >= 0.6 is 0 Å². The third-order valence-electron chi connectivity index (χ3n) is 5.02. The van der Waals surface area contributed by atoms with Crippen LogP contribution in [0.2, 0.25) is 0 Å². The number of rotatable bonds is 1. The minimum Gasteiger partial charge on any atom is -0.507 e. The number of benzene rings is 1. The van der Waals surface area contributed by atoms with Crippen LogP contribution in [0, 0.1) is 0 Å². The summed E-state index contributed by atoms with van der Waals surface area (Å²) < 4.78 is 0. The van der Waals surface area contributed by atoms with Crippen LogP contribution in [0.4, 0.5) is 4.79 Å². The molecule has 1 aliphatic heterocycles. The first kappa shape index (κ1) is 21.0. The van der Waals surface area contributed by atoms with E-state index in [0.29, 0.717) is 17.7 Å². The van der Waals surface area contributed by atoms with Crippen LogP contribution in [0.3, 0.4) is 0 Å². The Morgan fingerprint density at radius 3 is 1.89 bits per heavy atom. The highest BCUT2D eigenvalue weighted by Crippen LogP contribution is 2.41. The lowest BCUT2D eigenvalue weighted by Crippen LogP contribution is -2.47. The van der Waals surface area contributed by atoms with E-state index in [1.165, 1.54) is 0 Å². The van der Waals surface area contributed by atoms with E-state index in [0.717, 1.165) is 21.6 Å². The Balaban J connectivity index is 2.65. The van der Waals surface area contributed by atoms with Crippen molar-refractivity contribution in [2.75, 3.05) is 0 Å². The first-order valence-corrected chi connectivity index (χ1v) is 9.28. The van der Waals surface area contributed by atoms with Crippen molar-refractivity contribution in [3.05, 3.63) is 34.4 Å². The average molecular weight is 373 g/mol. The quantitative estimate of drug-likeness (QED) is 0.714. The van der Waals surface area contributed by atoms with E-state index in [4.69, 9.17) is 5.73 Å². The maximum Gasteiger partial charge on any atom is 0.322 e. The molecule has 2 rings (SSSR count). The van der Waals surface area contributed by atoms with E-state index in [1.54, 1.807) is 0 Å². The van der Waals surface area contributed by atoms with E-state index in [1.807, 2.05) is 73.6 Å². The van der Waals surface area contributed by atoms with Crippen molar-refractivity contribution in [2.24, 2.45) is 5.73 Å². The van der Waals surface area contributed by atoms with Gasteiger partial charge in [-0.05, 0) is 48.4 Å². The molecule has 0 atom stereocenters. The number of hydrogen-bond donors (Lipinski definition) is 2. The van der Waals surface area contributed by atoms with Crippen molar-refractivity contribution in [3.8, 4) is 5.75 Å². The molecule has 0 radical (unpaired) electrons. The summed E-state index contributed by atoms with van der Waals surface area (Å²) in [7, 11) is 0. The van der Waals surface area contributed by atoms with Crippen LogP contribution in [-0.4, -0.2) is 27.5 Å². The Morgan fingerprint density at radius 2 is 1.56 bits per heavy atom. The number of phenols is 1. The number of amides is 3. The molecule has 1 aromatic carbocycles. The standard InChI is InChI=1S/C22H32N2O3/c1-20(2,3)15-10-13(11-16(17(15)25)21(4,5)6)9-14-12-22(7,8)24(18(14)26)19(23)27/h9-11,25H,12H2,1-8H3,(H2,23,27). The number of carbonyl (C=O) groups excluding carboxylic acids is 2. The summed E-state index contributed by atoms with van der Waals surface area (Å²) in [6.45, 7) is 15.9. The zero-order chi connectivity index (χ0) is 20.9. The summed E-state index contributed by atoms with van der Waals surface area (Å²) in [6, 6.07) is 3.11. The van der Waals surface area contributed by atoms with Crippen molar-refractivity contribution in [1.82, 2.24) is 4.90 Å². The maximum atomic E-state index is 12.7. The molecule has 0 aromatic heterocycles. The second-order valence-electron chi connectivity index (χ2n) is 10.1. The first-order valence-electron chi connectivity index (χ1n) is 9.28. The van der Waals surface area contributed by atoms with Gasteiger partial charge >= 0.3 is 6.03 Å². The monoisotopic (exact) mass is 372 g/mol. The van der Waals surface area contributed by atoms with Gasteiger partial charge in [0.1, 0.15) is 5.75 Å². The Kier molecular flexibility index (Phi) is 4.98. The number of likely N-dealkylation sites (tertiary alicyclic amines) is 1. The Hall–Kier alpha value is -2.30. The molecule has 148 valence electrons. The summed E-state index contributed by atoms with van der Waals surface area (Å²) in [6.07, 6.45) is 2.25. The highest BCUT2D eigenvalue weighted by molar-refractivity contribution is 6.09. The molecule has 1 saturated heterocycles. The van der Waals surface area contributed by atoms with Gasteiger partial charge in [-0.1, -0.05) is 41.5 Å². The van der Waals surface area contributed by atoms with Gasteiger partial charge in [0.05, 0.1) is 5.54 Å². The number of imide groups is 1. The van der Waals surface area contributed by atoms with Crippen LogP contribution in [0.1, 0.15) is 78.5 Å². The van der Waals surface area contributed by atoms with Gasteiger partial charge in [0.25, 0.3) is 5.91 Å². The van der Waals surface area contributed by atoms with Gasteiger partial charge < -0.3 is 10.8 Å². The molecule has 3 amide bonds. The number of urea groups is 1. The van der Waals surface area contributed by atoms with Crippen LogP contribution < -0.4 is 5.73 Å². The Labute approximate surface area is 162 Å². The molecule has 3 N–H and O–H groups in total. The van der Waals surface area contributed by atoms with Crippen LogP contribution in [0.25, 0.3) is 6.08 Å². The van der Waals surface area contributed by atoms with Crippen molar-refractivity contribution >= 4 is 18.0 Å². The van der Waals surface area contributed by atoms with E-state index >= 15 is 0 Å². The number of nitrogens with zero attached hydrogens (tertiary/aromatic N) is 1. The first-order chi connectivity index (χ1) is 12.1. The lowest BCUT2D eigenvalue weighted by Gasteiger charge is -2.28. The number of nitrogens with two attached hydrogens (primary N) is 1. The van der Waals surface area contributed by atoms with Gasteiger partial charge in [0.15, 0.2) is 0 Å². The molecule has 1 aliphatic rings. The van der Waals surface area contributed by atoms with E-state index in [2.05, 4.69) is 0 Å². The van der Waals surface area contributed by atoms with Crippen molar-refractivity contribution in [1.29, 1.82) is 0 Å². The second kappa shape index (κ2) is 6.39. The van der Waals surface area contributed by atoms with Crippen molar-refractivity contribution in [2.45, 2.75) is 78.2 Å². The topological polar surface area (TPSA) is 83.6 Å². The number of phenolic OH excluding ortho intramolecular Hbond substituents is 1. The summed E-state index contributed by atoms with van der Waals surface area (Å²) in [5.41, 5.74) is 7.30. The normalized spacial score (nSPS) is 19.0. The molecule has 0 saturated carbocycles. The van der Waals surface area contributed by atoms with Gasteiger partial charge in [-0.25, -0.2) is 4.79 Å². The molecule has 27 heavy (non-hydrogen) atoms. The SMILES string of the molecule is CC(C)(C)c1cc(C=C2CC(C)(C)N(C(N)=O)C2=O)cc(C(C)(C)C)c1O. The summed E-state index contributed by atoms with van der Waals surface area (Å²) in [4.78, 5) is 25.5. The number of hydrogen-bond acceptors (Lipinski definition) is 3. The molecule has 1 fully saturated rings. The molecule has 0 unspecified atom stereocenters. The van der Waals surface area contributed by atoms with Gasteiger partial charge in [-0.15, -0.1) is 0 Å². The molecule has 5 nitrogen and oxygen atoms in total. The number of primary amides is 1. The van der Waals surface area contributed by atoms with E-state index in [9.17, 15) is 14.7 Å². The minimum atomic E-state index is -0.732. The predicted octanol–water partition coefficient (Wildman–Crippen LogP) is 4.46. The van der Waals surface area contributed by atoms with E-state index in [-0.39, 0.29) is 16.7 Å². The van der Waals surface area contributed by atoms with Gasteiger partial charge in [0, 0.05) is 23.1 Å². The highest BCUT2D eigenvalue weighted by Gasteiger charge is 2.44. The molecule has 0 spiro atoms. The zero-order valence-electron chi connectivity index (χ0n) is 17.7. The van der Waals surface area contributed by atoms with Crippen LogP contribution in [0.15, 0.2) is 17.7 Å². The third kappa shape index (κ3) is 4.02. The number of carbonyl (C=O) groups is 2. The number of aromatic hydroxyl groups is 1. The fourth-order valence-electron chi connectivity index (χ4n) is 3.64. The molecule has 1 aromatic rings. The smallest absolute Gasteiger partial charge is 0.322 e. The fraction of sp³-hybridized carbons (Fsp3) is 0.545. The maximum absolute atomic E-state index is 12.7. The molecule has 5 heteroatoms.